The maximum absolute atomic E-state index is 12.9. The molecule has 26 heavy (non-hydrogen) atoms. The minimum atomic E-state index is -3.60. The first-order valence-electron chi connectivity index (χ1n) is 8.59. The summed E-state index contributed by atoms with van der Waals surface area (Å²) < 4.78 is 27.3. The summed E-state index contributed by atoms with van der Waals surface area (Å²) in [5.41, 5.74) is 1.57. The normalized spacial score (nSPS) is 16.3. The van der Waals surface area contributed by atoms with Crippen LogP contribution in [0.4, 0.5) is 0 Å². The highest BCUT2D eigenvalue weighted by Crippen LogP contribution is 2.19. The molecule has 0 bridgehead atoms. The standard InChI is InChI=1S/C19H23N3O3S/c1-20-19(23)17-8-5-9-18(14-17)26(24,25)22-12-10-21(11-13-22)15-16-6-3-2-4-7-16/h2-9,14H,10-13,15H2,1H3,(H,20,23). The Bertz CT molecular complexity index is 861. The zero-order valence-electron chi connectivity index (χ0n) is 14.8. The summed E-state index contributed by atoms with van der Waals surface area (Å²) in [5, 5.41) is 2.51. The maximum Gasteiger partial charge on any atom is 0.251 e. The monoisotopic (exact) mass is 373 g/mol. The van der Waals surface area contributed by atoms with E-state index in [0.717, 1.165) is 6.54 Å². The third-order valence-corrected chi connectivity index (χ3v) is 6.44. The molecule has 6 nitrogen and oxygen atoms in total. The summed E-state index contributed by atoms with van der Waals surface area (Å²) in [6.07, 6.45) is 0. The largest absolute Gasteiger partial charge is 0.355 e. The maximum atomic E-state index is 12.9. The van der Waals surface area contributed by atoms with E-state index in [9.17, 15) is 13.2 Å². The van der Waals surface area contributed by atoms with Crippen LogP contribution in [0.1, 0.15) is 15.9 Å². The molecule has 0 atom stereocenters. The molecule has 1 heterocycles. The van der Waals surface area contributed by atoms with Crippen molar-refractivity contribution in [1.29, 1.82) is 0 Å². The van der Waals surface area contributed by atoms with Crippen molar-refractivity contribution in [2.75, 3.05) is 33.2 Å². The van der Waals surface area contributed by atoms with Gasteiger partial charge in [0.05, 0.1) is 4.90 Å². The number of hydrogen-bond donors (Lipinski definition) is 1. The molecule has 0 aliphatic carbocycles. The molecule has 0 saturated carbocycles. The fraction of sp³-hybridized carbons (Fsp3) is 0.316. The van der Waals surface area contributed by atoms with Crippen molar-refractivity contribution in [1.82, 2.24) is 14.5 Å². The SMILES string of the molecule is CNC(=O)c1cccc(S(=O)(=O)N2CCN(Cc3ccccc3)CC2)c1. The minimum absolute atomic E-state index is 0.162. The van der Waals surface area contributed by atoms with E-state index in [1.807, 2.05) is 18.2 Å². The molecule has 138 valence electrons. The molecule has 0 spiro atoms. The van der Waals surface area contributed by atoms with Crippen LogP contribution >= 0.6 is 0 Å². The van der Waals surface area contributed by atoms with E-state index < -0.39 is 10.0 Å². The van der Waals surface area contributed by atoms with Crippen LogP contribution in [0.15, 0.2) is 59.5 Å². The van der Waals surface area contributed by atoms with E-state index in [1.165, 1.54) is 29.0 Å². The highest BCUT2D eigenvalue weighted by Gasteiger charge is 2.28. The van der Waals surface area contributed by atoms with Crippen molar-refractivity contribution >= 4 is 15.9 Å². The molecule has 1 amide bonds. The summed E-state index contributed by atoms with van der Waals surface area (Å²) >= 11 is 0. The van der Waals surface area contributed by atoms with Gasteiger partial charge in [-0.3, -0.25) is 9.69 Å². The summed E-state index contributed by atoms with van der Waals surface area (Å²) in [6.45, 7) is 3.08. The number of nitrogens with zero attached hydrogens (tertiary/aromatic N) is 2. The van der Waals surface area contributed by atoms with E-state index in [-0.39, 0.29) is 10.8 Å². The number of amides is 1. The van der Waals surface area contributed by atoms with Crippen LogP contribution in [0.3, 0.4) is 0 Å². The van der Waals surface area contributed by atoms with Crippen molar-refractivity contribution in [2.45, 2.75) is 11.4 Å². The predicted molar refractivity (Wildman–Crippen MR) is 100 cm³/mol. The fourth-order valence-electron chi connectivity index (χ4n) is 3.06. The Labute approximate surface area is 154 Å². The quantitative estimate of drug-likeness (QED) is 0.863. The summed E-state index contributed by atoms with van der Waals surface area (Å²) in [6, 6.07) is 16.3. The first-order chi connectivity index (χ1) is 12.5. The van der Waals surface area contributed by atoms with E-state index in [0.29, 0.717) is 31.7 Å². The number of sulfonamides is 1. The van der Waals surface area contributed by atoms with Crippen LogP contribution in [0.25, 0.3) is 0 Å². The molecule has 1 fully saturated rings. The Balaban J connectivity index is 1.67. The van der Waals surface area contributed by atoms with Crippen molar-refractivity contribution in [3.8, 4) is 0 Å². The van der Waals surface area contributed by atoms with Gasteiger partial charge in [-0.15, -0.1) is 0 Å². The van der Waals surface area contributed by atoms with Crippen molar-refractivity contribution < 1.29 is 13.2 Å². The van der Waals surface area contributed by atoms with Gasteiger partial charge in [0, 0.05) is 45.3 Å². The first-order valence-corrected chi connectivity index (χ1v) is 10.0. The van der Waals surface area contributed by atoms with E-state index in [2.05, 4.69) is 22.3 Å². The lowest BCUT2D eigenvalue weighted by Crippen LogP contribution is -2.48. The van der Waals surface area contributed by atoms with Crippen molar-refractivity contribution in [3.63, 3.8) is 0 Å². The zero-order chi connectivity index (χ0) is 18.6. The average molecular weight is 373 g/mol. The molecule has 3 rings (SSSR count). The van der Waals surface area contributed by atoms with Crippen LogP contribution in [0.2, 0.25) is 0 Å². The van der Waals surface area contributed by atoms with E-state index in [4.69, 9.17) is 0 Å². The molecule has 2 aromatic rings. The molecule has 1 N–H and O–H groups in total. The van der Waals surface area contributed by atoms with Gasteiger partial charge in [0.2, 0.25) is 10.0 Å². The number of piperazine rings is 1. The molecule has 1 aliphatic rings. The molecule has 0 aromatic heterocycles. The molecule has 1 saturated heterocycles. The number of nitrogens with one attached hydrogen (secondary N) is 1. The Morgan fingerprint density at radius 3 is 2.35 bits per heavy atom. The third kappa shape index (κ3) is 4.12. The predicted octanol–water partition coefficient (Wildman–Crippen LogP) is 1.55. The van der Waals surface area contributed by atoms with E-state index in [1.54, 1.807) is 12.1 Å². The number of benzene rings is 2. The second-order valence-electron chi connectivity index (χ2n) is 6.27. The minimum Gasteiger partial charge on any atom is -0.355 e. The van der Waals surface area contributed by atoms with Crippen LogP contribution < -0.4 is 5.32 Å². The Hall–Kier alpha value is -2.22. The zero-order valence-corrected chi connectivity index (χ0v) is 15.6. The summed E-state index contributed by atoms with van der Waals surface area (Å²) in [5.74, 6) is -0.297. The smallest absolute Gasteiger partial charge is 0.251 e. The Morgan fingerprint density at radius 1 is 1.00 bits per heavy atom. The lowest BCUT2D eigenvalue weighted by Gasteiger charge is -2.34. The molecule has 1 aliphatic heterocycles. The second-order valence-corrected chi connectivity index (χ2v) is 8.21. The van der Waals surface area contributed by atoms with Gasteiger partial charge < -0.3 is 5.32 Å². The van der Waals surface area contributed by atoms with Gasteiger partial charge in [-0.25, -0.2) is 8.42 Å². The van der Waals surface area contributed by atoms with Gasteiger partial charge in [0.15, 0.2) is 0 Å². The van der Waals surface area contributed by atoms with Crippen LogP contribution in [-0.4, -0.2) is 56.8 Å². The Kier molecular flexibility index (Phi) is 5.70. The molecular weight excluding hydrogens is 350 g/mol. The lowest BCUT2D eigenvalue weighted by molar-refractivity contribution is 0.0963. The van der Waals surface area contributed by atoms with Crippen LogP contribution in [0, 0.1) is 0 Å². The number of hydrogen-bond acceptors (Lipinski definition) is 4. The Morgan fingerprint density at radius 2 is 1.69 bits per heavy atom. The van der Waals surface area contributed by atoms with Crippen LogP contribution in [-0.2, 0) is 16.6 Å². The van der Waals surface area contributed by atoms with Gasteiger partial charge in [-0.05, 0) is 23.8 Å². The molecular formula is C19H23N3O3S. The van der Waals surface area contributed by atoms with Crippen LogP contribution in [0.5, 0.6) is 0 Å². The average Bonchev–Trinajstić information content (AvgIpc) is 2.68. The number of rotatable bonds is 5. The van der Waals surface area contributed by atoms with Gasteiger partial charge in [0.1, 0.15) is 0 Å². The van der Waals surface area contributed by atoms with E-state index >= 15 is 0 Å². The van der Waals surface area contributed by atoms with Crippen molar-refractivity contribution in [2.24, 2.45) is 0 Å². The molecule has 7 heteroatoms. The number of carbonyl (C=O) groups excluding carboxylic acids is 1. The summed E-state index contributed by atoms with van der Waals surface area (Å²) in [4.78, 5) is 14.2. The van der Waals surface area contributed by atoms with Gasteiger partial charge in [-0.1, -0.05) is 36.4 Å². The first kappa shape index (κ1) is 18.6. The molecule has 2 aromatic carbocycles. The number of carbonyl (C=O) groups is 1. The van der Waals surface area contributed by atoms with Gasteiger partial charge in [0.25, 0.3) is 5.91 Å². The topological polar surface area (TPSA) is 69.7 Å². The van der Waals surface area contributed by atoms with Gasteiger partial charge >= 0.3 is 0 Å². The van der Waals surface area contributed by atoms with Crippen molar-refractivity contribution in [3.05, 3.63) is 65.7 Å². The molecule has 0 radical (unpaired) electrons. The third-order valence-electron chi connectivity index (χ3n) is 4.54. The lowest BCUT2D eigenvalue weighted by atomic mass is 10.2. The highest BCUT2D eigenvalue weighted by atomic mass is 32.2. The second kappa shape index (κ2) is 7.99. The molecule has 0 unspecified atom stereocenters. The van der Waals surface area contributed by atoms with Gasteiger partial charge in [-0.2, -0.15) is 4.31 Å². The fourth-order valence-corrected chi connectivity index (χ4v) is 4.53. The summed E-state index contributed by atoms with van der Waals surface area (Å²) in [7, 11) is -2.07. The highest BCUT2D eigenvalue weighted by molar-refractivity contribution is 7.89.